The number of aryl methyl sites for hydroxylation is 1. The smallest absolute Gasteiger partial charge is 0.156 e. The van der Waals surface area contributed by atoms with Crippen molar-refractivity contribution in [1.82, 2.24) is 10.3 Å². The highest BCUT2D eigenvalue weighted by molar-refractivity contribution is 8.01. The van der Waals surface area contributed by atoms with E-state index in [0.717, 1.165) is 41.1 Å². The maximum atomic E-state index is 8.98. The van der Waals surface area contributed by atoms with E-state index in [4.69, 9.17) is 5.26 Å². The summed E-state index contributed by atoms with van der Waals surface area (Å²) in [6, 6.07) is 10.8. The number of nitrogens with one attached hydrogen (secondary N) is 1. The van der Waals surface area contributed by atoms with Gasteiger partial charge in [0.1, 0.15) is 10.9 Å². The molecule has 0 bridgehead atoms. The molecule has 108 valence electrons. The summed E-state index contributed by atoms with van der Waals surface area (Å²) < 4.78 is 0.930. The minimum absolute atomic E-state index is 0.704. The molecule has 0 spiro atoms. The third-order valence-corrected chi connectivity index (χ3v) is 5.53. The van der Waals surface area contributed by atoms with E-state index in [1.54, 1.807) is 11.8 Å². The second-order valence-corrected chi connectivity index (χ2v) is 7.16. The quantitative estimate of drug-likeness (QED) is 0.943. The fourth-order valence-electron chi connectivity index (χ4n) is 2.27. The van der Waals surface area contributed by atoms with Crippen LogP contribution in [0, 0.1) is 18.3 Å². The maximum absolute atomic E-state index is 8.98. The number of anilines is 1. The van der Waals surface area contributed by atoms with Crippen LogP contribution in [0.1, 0.15) is 10.6 Å². The number of rotatable bonds is 3. The van der Waals surface area contributed by atoms with Crippen LogP contribution in [0.15, 0.2) is 33.5 Å². The van der Waals surface area contributed by atoms with Gasteiger partial charge in [0.25, 0.3) is 0 Å². The monoisotopic (exact) mass is 316 g/mol. The lowest BCUT2D eigenvalue weighted by Gasteiger charge is -2.29. The Balaban J connectivity index is 1.70. The van der Waals surface area contributed by atoms with Crippen molar-refractivity contribution in [3.63, 3.8) is 0 Å². The van der Waals surface area contributed by atoms with Crippen molar-refractivity contribution in [1.29, 1.82) is 5.26 Å². The number of hydrogen-bond acceptors (Lipinski definition) is 6. The largest absolute Gasteiger partial charge is 0.369 e. The van der Waals surface area contributed by atoms with Gasteiger partial charge in [-0.1, -0.05) is 23.1 Å². The topological polar surface area (TPSA) is 52.0 Å². The zero-order chi connectivity index (χ0) is 14.7. The lowest BCUT2D eigenvalue weighted by molar-refractivity contribution is 0.589. The Morgan fingerprint density at radius 2 is 2.00 bits per heavy atom. The zero-order valence-corrected chi connectivity index (χ0v) is 13.4. The van der Waals surface area contributed by atoms with Crippen molar-refractivity contribution in [2.24, 2.45) is 0 Å². The number of benzene rings is 1. The highest BCUT2D eigenvalue weighted by Crippen LogP contribution is 2.33. The molecular formula is C15H16N4S2. The van der Waals surface area contributed by atoms with E-state index < -0.39 is 0 Å². The molecule has 1 saturated heterocycles. The Morgan fingerprint density at radius 3 is 2.62 bits per heavy atom. The molecule has 1 fully saturated rings. The van der Waals surface area contributed by atoms with Crippen molar-refractivity contribution in [3.05, 3.63) is 34.8 Å². The fourth-order valence-corrected chi connectivity index (χ4v) is 4.23. The van der Waals surface area contributed by atoms with E-state index in [-0.39, 0.29) is 0 Å². The Hall–Kier alpha value is -1.55. The zero-order valence-electron chi connectivity index (χ0n) is 11.8. The highest BCUT2D eigenvalue weighted by atomic mass is 32.2. The van der Waals surface area contributed by atoms with Crippen LogP contribution >= 0.6 is 23.1 Å². The first kappa shape index (κ1) is 14.4. The minimum atomic E-state index is 0.704. The fraction of sp³-hybridized carbons (Fsp3) is 0.333. The normalized spacial score (nSPS) is 15.0. The second kappa shape index (κ2) is 6.48. The van der Waals surface area contributed by atoms with Gasteiger partial charge in [-0.25, -0.2) is 4.98 Å². The molecule has 3 rings (SSSR count). The van der Waals surface area contributed by atoms with Crippen LogP contribution in [-0.2, 0) is 0 Å². The Bertz CT molecular complexity index is 651. The van der Waals surface area contributed by atoms with Gasteiger partial charge in [0, 0.05) is 36.8 Å². The van der Waals surface area contributed by atoms with Crippen molar-refractivity contribution < 1.29 is 0 Å². The van der Waals surface area contributed by atoms with Crippen LogP contribution in [0.4, 0.5) is 5.69 Å². The predicted molar refractivity (Wildman–Crippen MR) is 87.2 cm³/mol. The lowest BCUT2D eigenvalue weighted by Crippen LogP contribution is -2.43. The minimum Gasteiger partial charge on any atom is -0.369 e. The van der Waals surface area contributed by atoms with Gasteiger partial charge in [0.2, 0.25) is 0 Å². The summed E-state index contributed by atoms with van der Waals surface area (Å²) >= 11 is 3.08. The van der Waals surface area contributed by atoms with Gasteiger partial charge < -0.3 is 10.2 Å². The van der Waals surface area contributed by atoms with E-state index in [2.05, 4.69) is 45.5 Å². The Morgan fingerprint density at radius 1 is 1.29 bits per heavy atom. The van der Waals surface area contributed by atoms with Gasteiger partial charge in [-0.05, 0) is 31.2 Å². The van der Waals surface area contributed by atoms with Crippen molar-refractivity contribution in [3.8, 4) is 6.07 Å². The summed E-state index contributed by atoms with van der Waals surface area (Å²) in [6.45, 7) is 6.09. The van der Waals surface area contributed by atoms with Crippen LogP contribution in [-0.4, -0.2) is 31.2 Å². The molecular weight excluding hydrogens is 300 g/mol. The number of hydrogen-bond donors (Lipinski definition) is 1. The molecule has 6 heteroatoms. The molecule has 0 saturated carbocycles. The molecule has 4 nitrogen and oxygen atoms in total. The molecule has 1 aromatic heterocycles. The number of nitrogens with zero attached hydrogens (tertiary/aromatic N) is 3. The molecule has 2 heterocycles. The predicted octanol–water partition coefficient (Wildman–Crippen LogP) is 2.88. The van der Waals surface area contributed by atoms with E-state index in [1.807, 2.05) is 6.92 Å². The Kier molecular flexibility index (Phi) is 4.44. The van der Waals surface area contributed by atoms with E-state index in [0.29, 0.717) is 4.88 Å². The number of nitriles is 1. The lowest BCUT2D eigenvalue weighted by atomic mass is 10.2. The summed E-state index contributed by atoms with van der Waals surface area (Å²) in [5, 5.41) is 12.3. The molecule has 1 aliphatic rings. The molecule has 0 aliphatic carbocycles. The molecule has 1 aliphatic heterocycles. The molecule has 0 radical (unpaired) electrons. The molecule has 1 N–H and O–H groups in total. The first-order valence-electron chi connectivity index (χ1n) is 6.87. The van der Waals surface area contributed by atoms with Gasteiger partial charge in [-0.2, -0.15) is 5.26 Å². The third-order valence-electron chi connectivity index (χ3n) is 3.40. The molecule has 0 unspecified atom stereocenters. The molecule has 2 aromatic rings. The van der Waals surface area contributed by atoms with Crippen LogP contribution in [0.3, 0.4) is 0 Å². The molecule has 1 aromatic carbocycles. The first-order valence-corrected chi connectivity index (χ1v) is 8.50. The summed E-state index contributed by atoms with van der Waals surface area (Å²) in [5.41, 5.74) is 2.09. The summed E-state index contributed by atoms with van der Waals surface area (Å²) in [6.07, 6.45) is 0. The molecule has 0 atom stereocenters. The second-order valence-electron chi connectivity index (χ2n) is 4.84. The van der Waals surface area contributed by atoms with E-state index in [9.17, 15) is 0 Å². The first-order chi connectivity index (χ1) is 10.3. The number of thiazole rings is 1. The third kappa shape index (κ3) is 3.38. The van der Waals surface area contributed by atoms with E-state index >= 15 is 0 Å². The van der Waals surface area contributed by atoms with Crippen molar-refractivity contribution in [2.75, 3.05) is 31.1 Å². The van der Waals surface area contributed by atoms with Gasteiger partial charge in [-0.15, -0.1) is 0 Å². The van der Waals surface area contributed by atoms with Crippen LogP contribution in [0.25, 0.3) is 0 Å². The summed E-state index contributed by atoms with van der Waals surface area (Å²) in [4.78, 5) is 8.69. The molecule has 0 amide bonds. The summed E-state index contributed by atoms with van der Waals surface area (Å²) in [5.74, 6) is 0. The standard InChI is InChI=1S/C15H16N4S2/c1-11-14(10-16)21-15(18-11)20-13-4-2-12(3-5-13)19-8-6-17-7-9-19/h2-5,17H,6-9H2,1H3. The van der Waals surface area contributed by atoms with Gasteiger partial charge >= 0.3 is 0 Å². The van der Waals surface area contributed by atoms with Crippen LogP contribution in [0.2, 0.25) is 0 Å². The maximum Gasteiger partial charge on any atom is 0.156 e. The van der Waals surface area contributed by atoms with Crippen LogP contribution in [0.5, 0.6) is 0 Å². The highest BCUT2D eigenvalue weighted by Gasteiger charge is 2.11. The van der Waals surface area contributed by atoms with Gasteiger partial charge in [-0.3, -0.25) is 0 Å². The van der Waals surface area contributed by atoms with Crippen molar-refractivity contribution >= 4 is 28.8 Å². The molecule has 21 heavy (non-hydrogen) atoms. The average Bonchev–Trinajstić information content (AvgIpc) is 2.88. The number of aromatic nitrogens is 1. The van der Waals surface area contributed by atoms with Gasteiger partial charge in [0.15, 0.2) is 4.34 Å². The van der Waals surface area contributed by atoms with E-state index in [1.165, 1.54) is 17.0 Å². The van der Waals surface area contributed by atoms with Crippen molar-refractivity contribution in [2.45, 2.75) is 16.2 Å². The SMILES string of the molecule is Cc1nc(Sc2ccc(N3CCNCC3)cc2)sc1C#N. The summed E-state index contributed by atoms with van der Waals surface area (Å²) in [7, 11) is 0. The average molecular weight is 316 g/mol. The Labute approximate surface area is 132 Å². The number of piperazine rings is 1. The van der Waals surface area contributed by atoms with Gasteiger partial charge in [0.05, 0.1) is 5.69 Å². The van der Waals surface area contributed by atoms with Crippen LogP contribution < -0.4 is 10.2 Å².